The van der Waals surface area contributed by atoms with Gasteiger partial charge in [0, 0.05) is 32.3 Å². The molecule has 0 amide bonds. The highest BCUT2D eigenvalue weighted by molar-refractivity contribution is 5.79. The Kier molecular flexibility index (Phi) is 11.1. The van der Waals surface area contributed by atoms with E-state index in [1.165, 1.54) is 0 Å². The van der Waals surface area contributed by atoms with E-state index >= 15 is 0 Å². The third-order valence-electron chi connectivity index (χ3n) is 4.51. The maximum absolute atomic E-state index is 5.80. The van der Waals surface area contributed by atoms with Crippen LogP contribution < -0.4 is 20.1 Å². The molecule has 1 atom stereocenters. The van der Waals surface area contributed by atoms with Gasteiger partial charge >= 0.3 is 0 Å². The fourth-order valence-corrected chi connectivity index (χ4v) is 3.08. The number of allylic oxidation sites excluding steroid dienone is 1. The van der Waals surface area contributed by atoms with E-state index in [0.717, 1.165) is 48.2 Å². The number of rotatable bonds is 12. The average molecular weight is 392 g/mol. The smallest absolute Gasteiger partial charge is 0.191 e. The summed E-state index contributed by atoms with van der Waals surface area (Å²) in [5.41, 5.74) is 2.14. The monoisotopic (exact) mass is 391 g/mol. The summed E-state index contributed by atoms with van der Waals surface area (Å²) >= 11 is 0. The molecule has 0 aliphatic heterocycles. The Morgan fingerprint density at radius 2 is 1.96 bits per heavy atom. The number of methoxy groups -OCH3 is 2. The third kappa shape index (κ3) is 7.43. The van der Waals surface area contributed by atoms with Gasteiger partial charge in [0.05, 0.1) is 20.3 Å². The van der Waals surface area contributed by atoms with Crippen LogP contribution in [0.5, 0.6) is 11.5 Å². The number of aliphatic imine (C=N–C) groups is 1. The van der Waals surface area contributed by atoms with E-state index in [4.69, 9.17) is 14.2 Å². The lowest BCUT2D eigenvalue weighted by molar-refractivity contribution is 0.0258. The fourth-order valence-electron chi connectivity index (χ4n) is 3.08. The van der Waals surface area contributed by atoms with Gasteiger partial charge in [-0.1, -0.05) is 19.9 Å². The molecule has 1 aromatic rings. The zero-order chi connectivity index (χ0) is 20.9. The predicted octanol–water partition coefficient (Wildman–Crippen LogP) is 3.55. The summed E-state index contributed by atoms with van der Waals surface area (Å²) in [5.74, 6) is 2.73. The van der Waals surface area contributed by atoms with Crippen LogP contribution in [0.4, 0.5) is 0 Å². The van der Waals surface area contributed by atoms with Crippen molar-refractivity contribution in [2.75, 3.05) is 34.4 Å². The lowest BCUT2D eigenvalue weighted by Gasteiger charge is -2.21. The molecule has 0 aliphatic carbocycles. The first-order valence-electron chi connectivity index (χ1n) is 9.91. The minimum atomic E-state index is 0.253. The molecular weight excluding hydrogens is 354 g/mol. The first-order valence-corrected chi connectivity index (χ1v) is 9.91. The quantitative estimate of drug-likeness (QED) is 0.324. The summed E-state index contributed by atoms with van der Waals surface area (Å²) in [6, 6.07) is 4.09. The van der Waals surface area contributed by atoms with Crippen LogP contribution in [0.3, 0.4) is 0 Å². The van der Waals surface area contributed by atoms with E-state index in [1.54, 1.807) is 21.3 Å². The Hall–Kier alpha value is -2.21. The molecule has 0 bridgehead atoms. The molecule has 0 aliphatic rings. The lowest BCUT2D eigenvalue weighted by atomic mass is 10.0. The molecule has 0 radical (unpaired) electrons. The van der Waals surface area contributed by atoms with Crippen molar-refractivity contribution in [2.24, 2.45) is 10.9 Å². The van der Waals surface area contributed by atoms with Gasteiger partial charge in [-0.15, -0.1) is 6.58 Å². The average Bonchev–Trinajstić information content (AvgIpc) is 2.69. The first kappa shape index (κ1) is 23.8. The van der Waals surface area contributed by atoms with Gasteiger partial charge in [0.2, 0.25) is 0 Å². The molecule has 1 aromatic carbocycles. The van der Waals surface area contributed by atoms with Crippen LogP contribution in [0.1, 0.15) is 38.3 Å². The molecule has 158 valence electrons. The Balaban J connectivity index is 2.70. The number of ether oxygens (including phenoxy) is 3. The van der Waals surface area contributed by atoms with Crippen LogP contribution in [-0.2, 0) is 17.7 Å². The van der Waals surface area contributed by atoms with Crippen molar-refractivity contribution in [3.05, 3.63) is 35.9 Å². The van der Waals surface area contributed by atoms with Crippen LogP contribution in [0.2, 0.25) is 0 Å². The van der Waals surface area contributed by atoms with Crippen LogP contribution in [0.15, 0.2) is 29.8 Å². The van der Waals surface area contributed by atoms with Gasteiger partial charge in [0.15, 0.2) is 17.5 Å². The van der Waals surface area contributed by atoms with Crippen molar-refractivity contribution in [1.82, 2.24) is 10.6 Å². The molecule has 6 nitrogen and oxygen atoms in total. The van der Waals surface area contributed by atoms with E-state index in [1.807, 2.05) is 19.1 Å². The summed E-state index contributed by atoms with van der Waals surface area (Å²) < 4.78 is 16.8. The molecule has 1 rings (SSSR count). The second-order valence-corrected chi connectivity index (χ2v) is 6.86. The zero-order valence-corrected chi connectivity index (χ0v) is 18.3. The predicted molar refractivity (Wildman–Crippen MR) is 117 cm³/mol. The van der Waals surface area contributed by atoms with Gasteiger partial charge in [0.25, 0.3) is 0 Å². The standard InChI is InChI=1S/C22H37N3O3/c1-8-10-18-13-17(14-20(26-6)21(18)27-7)15-25-22(23-5)24-12-11-19(16(3)4)28-9-2/h8,13-14,16,19H,1,9-12,15H2,2-7H3,(H2,23,24,25). The summed E-state index contributed by atoms with van der Waals surface area (Å²) in [7, 11) is 5.08. The molecule has 0 spiro atoms. The van der Waals surface area contributed by atoms with E-state index in [2.05, 4.69) is 42.1 Å². The number of guanidine groups is 1. The normalized spacial score (nSPS) is 12.6. The number of hydrogen-bond donors (Lipinski definition) is 2. The molecule has 0 aromatic heterocycles. The minimum Gasteiger partial charge on any atom is -0.493 e. The van der Waals surface area contributed by atoms with E-state index in [-0.39, 0.29) is 6.10 Å². The molecule has 28 heavy (non-hydrogen) atoms. The van der Waals surface area contributed by atoms with Crippen molar-refractivity contribution in [2.45, 2.75) is 46.3 Å². The van der Waals surface area contributed by atoms with Crippen LogP contribution >= 0.6 is 0 Å². The van der Waals surface area contributed by atoms with Crippen molar-refractivity contribution in [3.8, 4) is 11.5 Å². The second kappa shape index (κ2) is 13.0. The van der Waals surface area contributed by atoms with Gasteiger partial charge in [-0.3, -0.25) is 4.99 Å². The van der Waals surface area contributed by atoms with Gasteiger partial charge in [0.1, 0.15) is 0 Å². The molecule has 0 saturated carbocycles. The molecular formula is C22H37N3O3. The van der Waals surface area contributed by atoms with Crippen molar-refractivity contribution in [1.29, 1.82) is 0 Å². The Labute approximate surface area is 170 Å². The third-order valence-corrected chi connectivity index (χ3v) is 4.51. The SMILES string of the molecule is C=CCc1cc(CNC(=NC)NCCC(OCC)C(C)C)cc(OC)c1OC. The summed E-state index contributed by atoms with van der Waals surface area (Å²) in [4.78, 5) is 4.31. The van der Waals surface area contributed by atoms with Gasteiger partial charge < -0.3 is 24.8 Å². The molecule has 0 fully saturated rings. The minimum absolute atomic E-state index is 0.253. The van der Waals surface area contributed by atoms with E-state index in [9.17, 15) is 0 Å². The number of benzene rings is 1. The van der Waals surface area contributed by atoms with Gasteiger partial charge in [-0.25, -0.2) is 0 Å². The molecule has 0 saturated heterocycles. The molecule has 0 heterocycles. The van der Waals surface area contributed by atoms with Crippen LogP contribution in [0.25, 0.3) is 0 Å². The topological polar surface area (TPSA) is 64.1 Å². The lowest BCUT2D eigenvalue weighted by Crippen LogP contribution is -2.39. The van der Waals surface area contributed by atoms with Crippen molar-refractivity contribution >= 4 is 5.96 Å². The highest BCUT2D eigenvalue weighted by Gasteiger charge is 2.14. The second-order valence-electron chi connectivity index (χ2n) is 6.86. The van der Waals surface area contributed by atoms with Gasteiger partial charge in [-0.05, 0) is 43.4 Å². The Bertz CT molecular complexity index is 630. The highest BCUT2D eigenvalue weighted by Crippen LogP contribution is 2.33. The van der Waals surface area contributed by atoms with Gasteiger partial charge in [-0.2, -0.15) is 0 Å². The zero-order valence-electron chi connectivity index (χ0n) is 18.3. The Morgan fingerprint density at radius 1 is 1.21 bits per heavy atom. The van der Waals surface area contributed by atoms with Crippen molar-refractivity contribution in [3.63, 3.8) is 0 Å². The van der Waals surface area contributed by atoms with Crippen LogP contribution in [-0.4, -0.2) is 46.5 Å². The number of nitrogens with zero attached hydrogens (tertiary/aromatic N) is 1. The van der Waals surface area contributed by atoms with Crippen molar-refractivity contribution < 1.29 is 14.2 Å². The largest absolute Gasteiger partial charge is 0.493 e. The Morgan fingerprint density at radius 3 is 2.50 bits per heavy atom. The van der Waals surface area contributed by atoms with E-state index < -0.39 is 0 Å². The molecule has 6 heteroatoms. The highest BCUT2D eigenvalue weighted by atomic mass is 16.5. The summed E-state index contributed by atoms with van der Waals surface area (Å²) in [5, 5.41) is 6.72. The summed E-state index contributed by atoms with van der Waals surface area (Å²) in [6.07, 6.45) is 3.77. The maximum atomic E-state index is 5.80. The summed E-state index contributed by atoms with van der Waals surface area (Å²) in [6.45, 7) is 12.4. The molecule has 2 N–H and O–H groups in total. The maximum Gasteiger partial charge on any atom is 0.191 e. The van der Waals surface area contributed by atoms with E-state index in [0.29, 0.717) is 18.9 Å². The number of hydrogen-bond acceptors (Lipinski definition) is 4. The molecule has 1 unspecified atom stereocenters. The van der Waals surface area contributed by atoms with Crippen LogP contribution in [0, 0.1) is 5.92 Å². The first-order chi connectivity index (χ1) is 13.5. The fraction of sp³-hybridized carbons (Fsp3) is 0.591. The number of nitrogens with one attached hydrogen (secondary N) is 2.